The standard InChI is InChI=1S/C20H27N3O2/c1-14(2)15-4-6-16(7-5-15)20-17(8-9-19(22-20)25-3)23-12-10-18(24)21-11-13-23/h4-7,9,14,17H,8,10-13H2,1-3H3,(H,21,24). The fourth-order valence-electron chi connectivity index (χ4n) is 3.41. The third kappa shape index (κ3) is 4.10. The summed E-state index contributed by atoms with van der Waals surface area (Å²) < 4.78 is 5.37. The molecule has 0 spiro atoms. The third-order valence-electron chi connectivity index (χ3n) is 4.93. The molecule has 2 aliphatic heterocycles. The molecule has 2 heterocycles. The molecule has 1 atom stereocenters. The van der Waals surface area contributed by atoms with E-state index in [9.17, 15) is 4.79 Å². The van der Waals surface area contributed by atoms with Gasteiger partial charge in [-0.1, -0.05) is 38.1 Å². The van der Waals surface area contributed by atoms with Crippen LogP contribution in [0.5, 0.6) is 0 Å². The van der Waals surface area contributed by atoms with Crippen LogP contribution in [0.3, 0.4) is 0 Å². The van der Waals surface area contributed by atoms with E-state index in [1.54, 1.807) is 7.11 Å². The molecule has 1 amide bonds. The minimum atomic E-state index is 0.131. The van der Waals surface area contributed by atoms with Crippen LogP contribution < -0.4 is 5.32 Å². The molecule has 25 heavy (non-hydrogen) atoms. The highest BCUT2D eigenvalue weighted by molar-refractivity contribution is 6.05. The second-order valence-electron chi connectivity index (χ2n) is 6.91. The van der Waals surface area contributed by atoms with Crippen LogP contribution in [0.25, 0.3) is 0 Å². The van der Waals surface area contributed by atoms with Crippen LogP contribution in [0.1, 0.15) is 43.7 Å². The van der Waals surface area contributed by atoms with Crippen LogP contribution >= 0.6 is 0 Å². The highest BCUT2D eigenvalue weighted by Gasteiger charge is 2.29. The first-order valence-corrected chi connectivity index (χ1v) is 9.02. The molecule has 1 aromatic rings. The Morgan fingerprint density at radius 3 is 2.68 bits per heavy atom. The average molecular weight is 341 g/mol. The molecule has 0 radical (unpaired) electrons. The number of rotatable bonds is 4. The van der Waals surface area contributed by atoms with E-state index in [2.05, 4.69) is 48.3 Å². The van der Waals surface area contributed by atoms with Gasteiger partial charge in [0.15, 0.2) is 0 Å². The van der Waals surface area contributed by atoms with Crippen LogP contribution in [-0.4, -0.2) is 49.3 Å². The van der Waals surface area contributed by atoms with E-state index in [0.717, 1.165) is 30.8 Å². The molecular formula is C20H27N3O2. The van der Waals surface area contributed by atoms with Crippen LogP contribution in [0, 0.1) is 0 Å². The third-order valence-corrected chi connectivity index (χ3v) is 4.93. The first-order chi connectivity index (χ1) is 12.1. The average Bonchev–Trinajstić information content (AvgIpc) is 2.85. The number of amides is 1. The molecule has 1 saturated heterocycles. The molecule has 0 aromatic heterocycles. The smallest absolute Gasteiger partial charge is 0.221 e. The summed E-state index contributed by atoms with van der Waals surface area (Å²) in [6.45, 7) is 6.69. The van der Waals surface area contributed by atoms with Crippen molar-refractivity contribution >= 4 is 11.6 Å². The van der Waals surface area contributed by atoms with Crippen LogP contribution in [-0.2, 0) is 9.53 Å². The van der Waals surface area contributed by atoms with Crippen molar-refractivity contribution in [1.82, 2.24) is 10.2 Å². The summed E-state index contributed by atoms with van der Waals surface area (Å²) >= 11 is 0. The quantitative estimate of drug-likeness (QED) is 0.916. The fourth-order valence-corrected chi connectivity index (χ4v) is 3.41. The van der Waals surface area contributed by atoms with Crippen molar-refractivity contribution in [1.29, 1.82) is 0 Å². The Balaban J connectivity index is 1.88. The monoisotopic (exact) mass is 341 g/mol. The second kappa shape index (κ2) is 7.83. The highest BCUT2D eigenvalue weighted by Crippen LogP contribution is 2.24. The zero-order valence-corrected chi connectivity index (χ0v) is 15.3. The lowest BCUT2D eigenvalue weighted by Crippen LogP contribution is -2.44. The zero-order chi connectivity index (χ0) is 17.8. The van der Waals surface area contributed by atoms with E-state index in [0.29, 0.717) is 24.8 Å². The van der Waals surface area contributed by atoms with Crippen molar-refractivity contribution in [2.45, 2.75) is 38.6 Å². The second-order valence-corrected chi connectivity index (χ2v) is 6.91. The van der Waals surface area contributed by atoms with Crippen molar-refractivity contribution < 1.29 is 9.53 Å². The van der Waals surface area contributed by atoms with Gasteiger partial charge >= 0.3 is 0 Å². The molecule has 2 aliphatic rings. The minimum Gasteiger partial charge on any atom is -0.481 e. The van der Waals surface area contributed by atoms with Crippen LogP contribution in [0.15, 0.2) is 41.2 Å². The van der Waals surface area contributed by atoms with Gasteiger partial charge in [-0.25, -0.2) is 4.99 Å². The van der Waals surface area contributed by atoms with Crippen molar-refractivity contribution in [3.63, 3.8) is 0 Å². The van der Waals surface area contributed by atoms with Gasteiger partial charge in [0.1, 0.15) is 0 Å². The molecule has 1 unspecified atom stereocenters. The van der Waals surface area contributed by atoms with Gasteiger partial charge in [0, 0.05) is 26.1 Å². The predicted molar refractivity (Wildman–Crippen MR) is 99.8 cm³/mol. The van der Waals surface area contributed by atoms with E-state index in [1.165, 1.54) is 5.56 Å². The Kier molecular flexibility index (Phi) is 5.53. The Morgan fingerprint density at radius 2 is 2.00 bits per heavy atom. The number of nitrogens with zero attached hydrogens (tertiary/aromatic N) is 2. The summed E-state index contributed by atoms with van der Waals surface area (Å²) in [6.07, 6.45) is 3.43. The van der Waals surface area contributed by atoms with Gasteiger partial charge in [-0.2, -0.15) is 0 Å². The van der Waals surface area contributed by atoms with Crippen molar-refractivity contribution in [3.05, 3.63) is 47.4 Å². The van der Waals surface area contributed by atoms with Gasteiger partial charge in [0.05, 0.1) is 18.9 Å². The summed E-state index contributed by atoms with van der Waals surface area (Å²) in [5, 5.41) is 2.95. The van der Waals surface area contributed by atoms with Crippen molar-refractivity contribution in [3.8, 4) is 0 Å². The first kappa shape index (κ1) is 17.7. The lowest BCUT2D eigenvalue weighted by molar-refractivity contribution is -0.120. The number of carbonyl (C=O) groups excluding carboxylic acids is 1. The predicted octanol–water partition coefficient (Wildman–Crippen LogP) is 2.68. The summed E-state index contributed by atoms with van der Waals surface area (Å²) in [4.78, 5) is 18.8. The number of benzene rings is 1. The maximum Gasteiger partial charge on any atom is 0.221 e. The lowest BCUT2D eigenvalue weighted by Gasteiger charge is -2.32. The topological polar surface area (TPSA) is 53.9 Å². The molecule has 5 heteroatoms. The fraction of sp³-hybridized carbons (Fsp3) is 0.500. The van der Waals surface area contributed by atoms with E-state index >= 15 is 0 Å². The molecule has 0 bridgehead atoms. The van der Waals surface area contributed by atoms with Gasteiger partial charge < -0.3 is 10.1 Å². The van der Waals surface area contributed by atoms with Gasteiger partial charge in [0.2, 0.25) is 11.8 Å². The van der Waals surface area contributed by atoms with Crippen LogP contribution in [0.2, 0.25) is 0 Å². The van der Waals surface area contributed by atoms with E-state index in [4.69, 9.17) is 9.73 Å². The molecule has 134 valence electrons. The number of nitrogens with one attached hydrogen (secondary N) is 1. The van der Waals surface area contributed by atoms with Gasteiger partial charge in [-0.15, -0.1) is 0 Å². The first-order valence-electron chi connectivity index (χ1n) is 9.02. The molecular weight excluding hydrogens is 314 g/mol. The SMILES string of the molecule is COC1=CCC(N2CCNC(=O)CC2)C(c2ccc(C(C)C)cc2)=N1. The number of aliphatic imine (C=N–C) groups is 1. The number of hydrogen-bond acceptors (Lipinski definition) is 4. The minimum absolute atomic E-state index is 0.131. The number of ether oxygens (including phenoxy) is 1. The number of carbonyl (C=O) groups is 1. The summed E-state index contributed by atoms with van der Waals surface area (Å²) in [5.74, 6) is 1.31. The molecule has 1 aromatic carbocycles. The molecule has 5 nitrogen and oxygen atoms in total. The zero-order valence-electron chi connectivity index (χ0n) is 15.3. The highest BCUT2D eigenvalue weighted by atomic mass is 16.5. The van der Waals surface area contributed by atoms with Gasteiger partial charge in [-0.05, 0) is 29.5 Å². The Labute approximate surface area is 149 Å². The summed E-state index contributed by atoms with van der Waals surface area (Å²) in [6, 6.07) is 8.84. The molecule has 3 rings (SSSR count). The number of hydrogen-bond donors (Lipinski definition) is 1. The largest absolute Gasteiger partial charge is 0.481 e. The Hall–Kier alpha value is -2.14. The van der Waals surface area contributed by atoms with E-state index in [1.807, 2.05) is 6.08 Å². The molecule has 0 saturated carbocycles. The van der Waals surface area contributed by atoms with E-state index in [-0.39, 0.29) is 11.9 Å². The van der Waals surface area contributed by atoms with Gasteiger partial charge in [-0.3, -0.25) is 9.69 Å². The maximum atomic E-state index is 11.7. The van der Waals surface area contributed by atoms with Crippen molar-refractivity contribution in [2.75, 3.05) is 26.7 Å². The molecule has 1 N–H and O–H groups in total. The summed E-state index contributed by atoms with van der Waals surface area (Å²) in [5.41, 5.74) is 3.48. The van der Waals surface area contributed by atoms with Crippen LogP contribution in [0.4, 0.5) is 0 Å². The lowest BCUT2D eigenvalue weighted by atomic mass is 9.94. The van der Waals surface area contributed by atoms with Crippen molar-refractivity contribution in [2.24, 2.45) is 4.99 Å². The summed E-state index contributed by atoms with van der Waals surface area (Å²) in [7, 11) is 1.66. The van der Waals surface area contributed by atoms with Gasteiger partial charge in [0.25, 0.3) is 0 Å². The Morgan fingerprint density at radius 1 is 1.24 bits per heavy atom. The molecule has 1 fully saturated rings. The number of methoxy groups -OCH3 is 1. The molecule has 0 aliphatic carbocycles. The normalized spacial score (nSPS) is 22.1. The Bertz CT molecular complexity index is 677. The maximum absolute atomic E-state index is 11.7. The van der Waals surface area contributed by atoms with E-state index < -0.39 is 0 Å².